The van der Waals surface area contributed by atoms with Crippen molar-refractivity contribution in [1.82, 2.24) is 5.32 Å². The SMILES string of the molecule is CCCCCCc1c(C)c2ccc(OCC(=O)N[C@@H](C)C(=O)[O-])cc2oc1=O. The second-order valence-corrected chi connectivity index (χ2v) is 6.86. The van der Waals surface area contributed by atoms with E-state index in [1.165, 1.54) is 6.92 Å². The van der Waals surface area contributed by atoms with E-state index in [2.05, 4.69) is 12.2 Å². The highest BCUT2D eigenvalue weighted by Gasteiger charge is 2.13. The zero-order chi connectivity index (χ0) is 20.7. The molecule has 0 aliphatic heterocycles. The Balaban J connectivity index is 2.10. The first-order chi connectivity index (χ1) is 13.3. The fraction of sp³-hybridized carbons (Fsp3) is 0.476. The highest BCUT2D eigenvalue weighted by molar-refractivity contribution is 5.84. The largest absolute Gasteiger partial charge is 0.548 e. The summed E-state index contributed by atoms with van der Waals surface area (Å²) in [5.41, 5.74) is 1.64. The van der Waals surface area contributed by atoms with Gasteiger partial charge in [-0.25, -0.2) is 4.79 Å². The van der Waals surface area contributed by atoms with Gasteiger partial charge >= 0.3 is 5.63 Å². The van der Waals surface area contributed by atoms with Gasteiger partial charge in [0.2, 0.25) is 0 Å². The molecule has 1 atom stereocenters. The third-order valence-electron chi connectivity index (χ3n) is 4.64. The van der Waals surface area contributed by atoms with Crippen LogP contribution in [0.2, 0.25) is 0 Å². The quantitative estimate of drug-likeness (QED) is 0.491. The highest BCUT2D eigenvalue weighted by Crippen LogP contribution is 2.25. The number of benzene rings is 1. The first kappa shape index (κ1) is 21.5. The standard InChI is InChI=1S/C21H27NO6/c1-4-5-6-7-8-17-13(2)16-10-9-15(11-18(16)28-21(17)26)27-12-19(23)22-14(3)20(24)25/h9-11,14H,4-8,12H2,1-3H3,(H,22,23)(H,24,25)/p-1/t14-/m0/s1. The molecule has 2 rings (SSSR count). The summed E-state index contributed by atoms with van der Waals surface area (Å²) in [5, 5.41) is 13.7. The summed E-state index contributed by atoms with van der Waals surface area (Å²) < 4.78 is 10.8. The van der Waals surface area contributed by atoms with Crippen LogP contribution in [0.4, 0.5) is 0 Å². The van der Waals surface area contributed by atoms with Gasteiger partial charge < -0.3 is 24.4 Å². The van der Waals surface area contributed by atoms with Crippen molar-refractivity contribution >= 4 is 22.8 Å². The van der Waals surface area contributed by atoms with Crippen LogP contribution in [0, 0.1) is 6.92 Å². The van der Waals surface area contributed by atoms with E-state index in [9.17, 15) is 19.5 Å². The lowest BCUT2D eigenvalue weighted by Crippen LogP contribution is -2.47. The molecule has 0 aliphatic rings. The summed E-state index contributed by atoms with van der Waals surface area (Å²) in [7, 11) is 0. The van der Waals surface area contributed by atoms with Crippen LogP contribution in [0.15, 0.2) is 27.4 Å². The molecule has 0 spiro atoms. The lowest BCUT2D eigenvalue weighted by atomic mass is 10.0. The summed E-state index contributed by atoms with van der Waals surface area (Å²) in [6.45, 7) is 5.00. The number of rotatable bonds is 10. The van der Waals surface area contributed by atoms with Crippen molar-refractivity contribution in [3.8, 4) is 5.75 Å². The van der Waals surface area contributed by atoms with Crippen molar-refractivity contribution in [2.24, 2.45) is 0 Å². The Morgan fingerprint density at radius 1 is 1.25 bits per heavy atom. The highest BCUT2D eigenvalue weighted by atomic mass is 16.5. The zero-order valence-electron chi connectivity index (χ0n) is 16.5. The van der Waals surface area contributed by atoms with Crippen molar-refractivity contribution in [3.05, 3.63) is 39.7 Å². The molecule has 7 heteroatoms. The molecule has 0 saturated carbocycles. The van der Waals surface area contributed by atoms with E-state index >= 15 is 0 Å². The first-order valence-corrected chi connectivity index (χ1v) is 9.52. The molecule has 1 N–H and O–H groups in total. The number of amides is 1. The van der Waals surface area contributed by atoms with Crippen molar-refractivity contribution in [3.63, 3.8) is 0 Å². The van der Waals surface area contributed by atoms with Gasteiger partial charge in [-0.15, -0.1) is 0 Å². The predicted octanol–water partition coefficient (Wildman–Crippen LogP) is 1.86. The minimum absolute atomic E-state index is 0.348. The number of ether oxygens (including phenoxy) is 1. The van der Waals surface area contributed by atoms with Gasteiger partial charge in [-0.3, -0.25) is 4.79 Å². The van der Waals surface area contributed by atoms with Gasteiger partial charge in [0, 0.05) is 17.0 Å². The lowest BCUT2D eigenvalue weighted by molar-refractivity contribution is -0.307. The van der Waals surface area contributed by atoms with Gasteiger partial charge in [-0.1, -0.05) is 26.2 Å². The molecule has 1 heterocycles. The number of hydrogen-bond donors (Lipinski definition) is 1. The van der Waals surface area contributed by atoms with Crippen molar-refractivity contribution in [2.75, 3.05) is 6.61 Å². The summed E-state index contributed by atoms with van der Waals surface area (Å²) in [4.78, 5) is 34.7. The number of carboxylic acids is 1. The summed E-state index contributed by atoms with van der Waals surface area (Å²) >= 11 is 0. The van der Waals surface area contributed by atoms with Crippen molar-refractivity contribution in [1.29, 1.82) is 0 Å². The van der Waals surface area contributed by atoms with Crippen LogP contribution in [0.5, 0.6) is 5.75 Å². The van der Waals surface area contributed by atoms with Gasteiger partial charge in [0.15, 0.2) is 6.61 Å². The molecule has 2 aromatic rings. The Kier molecular flexibility index (Phi) is 7.61. The minimum Gasteiger partial charge on any atom is -0.548 e. The molecule has 1 aromatic heterocycles. The third kappa shape index (κ3) is 5.58. The van der Waals surface area contributed by atoms with Crippen LogP contribution in [-0.4, -0.2) is 24.5 Å². The molecule has 28 heavy (non-hydrogen) atoms. The minimum atomic E-state index is -1.37. The number of nitrogens with one attached hydrogen (secondary N) is 1. The molecule has 1 amide bonds. The average molecular weight is 388 g/mol. The smallest absolute Gasteiger partial charge is 0.339 e. The van der Waals surface area contributed by atoms with Crippen molar-refractivity contribution < 1.29 is 23.8 Å². The first-order valence-electron chi connectivity index (χ1n) is 9.52. The molecule has 7 nitrogen and oxygen atoms in total. The molecule has 0 fully saturated rings. The Morgan fingerprint density at radius 3 is 2.68 bits per heavy atom. The van der Waals surface area contributed by atoms with E-state index in [1.54, 1.807) is 18.2 Å². The maximum atomic E-state index is 12.3. The Labute approximate surface area is 163 Å². The maximum absolute atomic E-state index is 12.3. The van der Waals surface area contributed by atoms with Crippen LogP contribution in [-0.2, 0) is 16.0 Å². The Hall–Kier alpha value is -2.83. The summed E-state index contributed by atoms with van der Waals surface area (Å²) in [6.07, 6.45) is 5.01. The van der Waals surface area contributed by atoms with E-state index in [0.717, 1.165) is 36.6 Å². The molecule has 0 unspecified atom stereocenters. The van der Waals surface area contributed by atoms with Crippen LogP contribution in [0.25, 0.3) is 11.0 Å². The number of aryl methyl sites for hydroxylation is 1. The van der Waals surface area contributed by atoms with Crippen LogP contribution in [0.3, 0.4) is 0 Å². The lowest BCUT2D eigenvalue weighted by Gasteiger charge is -2.15. The predicted molar refractivity (Wildman–Crippen MR) is 103 cm³/mol. The van der Waals surface area contributed by atoms with E-state index in [1.807, 2.05) is 6.92 Å². The molecule has 1 aromatic carbocycles. The van der Waals surface area contributed by atoms with Crippen LogP contribution >= 0.6 is 0 Å². The number of fused-ring (bicyclic) bond motifs is 1. The fourth-order valence-electron chi connectivity index (χ4n) is 2.97. The molecule has 0 radical (unpaired) electrons. The number of hydrogen-bond acceptors (Lipinski definition) is 6. The fourth-order valence-corrected chi connectivity index (χ4v) is 2.97. The molecule has 0 bridgehead atoms. The van der Waals surface area contributed by atoms with Gasteiger partial charge in [-0.2, -0.15) is 0 Å². The Morgan fingerprint density at radius 2 is 2.00 bits per heavy atom. The van der Waals surface area contributed by atoms with E-state index in [4.69, 9.17) is 9.15 Å². The van der Waals surface area contributed by atoms with Crippen LogP contribution < -0.4 is 20.8 Å². The number of unbranched alkanes of at least 4 members (excludes halogenated alkanes) is 3. The van der Waals surface area contributed by atoms with Gasteiger partial charge in [0.05, 0.1) is 12.0 Å². The number of carbonyl (C=O) groups is 2. The van der Waals surface area contributed by atoms with Gasteiger partial charge in [-0.05, 0) is 44.4 Å². The second-order valence-electron chi connectivity index (χ2n) is 6.86. The molecular weight excluding hydrogens is 362 g/mol. The number of carboxylic acid groups (broad SMARTS) is 1. The number of carbonyl (C=O) groups excluding carboxylic acids is 2. The zero-order valence-corrected chi connectivity index (χ0v) is 16.5. The summed E-state index contributed by atoms with van der Waals surface area (Å²) in [6, 6.07) is 3.93. The third-order valence-corrected chi connectivity index (χ3v) is 4.64. The van der Waals surface area contributed by atoms with E-state index < -0.39 is 17.9 Å². The summed E-state index contributed by atoms with van der Waals surface area (Å²) in [5.74, 6) is -1.61. The maximum Gasteiger partial charge on any atom is 0.339 e. The molecular formula is C21H26NO6-. The Bertz CT molecular complexity index is 902. The monoisotopic (exact) mass is 388 g/mol. The van der Waals surface area contributed by atoms with Gasteiger partial charge in [0.1, 0.15) is 11.3 Å². The van der Waals surface area contributed by atoms with E-state index in [0.29, 0.717) is 23.3 Å². The topological polar surface area (TPSA) is 109 Å². The number of aliphatic carboxylic acids is 1. The molecule has 0 saturated heterocycles. The second kappa shape index (κ2) is 9.92. The van der Waals surface area contributed by atoms with Gasteiger partial charge in [0.25, 0.3) is 5.91 Å². The normalized spacial score (nSPS) is 12.0. The van der Waals surface area contributed by atoms with Crippen molar-refractivity contribution in [2.45, 2.75) is 58.9 Å². The van der Waals surface area contributed by atoms with E-state index in [-0.39, 0.29) is 12.2 Å². The van der Waals surface area contributed by atoms with Crippen LogP contribution in [0.1, 0.15) is 50.7 Å². The molecule has 152 valence electrons. The average Bonchev–Trinajstić information content (AvgIpc) is 2.65. The molecule has 0 aliphatic carbocycles.